The Hall–Kier alpha value is 0.940. The SMILES string of the molecule is CC(C)(C)O.CC(C)(C)OCOP(=O)(OC(C)(C)C)OC(C)(C)C.CC(C)(C)OP(=O)(OCCl)OC(C)(C)C.CCOP(=O)(OCC)OCCl.CCOP(C)(=O)OCOC(C)(C)C. The number of phosphoric acid groups is 3. The fourth-order valence-electron chi connectivity index (χ4n) is 2.87. The zero-order chi connectivity index (χ0) is 51.6. The van der Waals surface area contributed by atoms with Crippen LogP contribution < -0.4 is 0 Å². The van der Waals surface area contributed by atoms with Crippen LogP contribution in [0, 0.1) is 0 Å². The first-order valence-corrected chi connectivity index (χ1v) is 27.8. The maximum Gasteiger partial charge on any atom is 0.477 e. The van der Waals surface area contributed by atoms with Crippen molar-refractivity contribution in [3.8, 4) is 0 Å². The maximum absolute atomic E-state index is 12.6. The summed E-state index contributed by atoms with van der Waals surface area (Å²) in [5.41, 5.74) is -3.68. The van der Waals surface area contributed by atoms with Crippen LogP contribution in [0.3, 0.4) is 0 Å². The van der Waals surface area contributed by atoms with Gasteiger partial charge in [0, 0.05) is 6.66 Å². The minimum Gasteiger partial charge on any atom is -0.391 e. The van der Waals surface area contributed by atoms with Gasteiger partial charge in [-0.2, -0.15) is 0 Å². The van der Waals surface area contributed by atoms with Gasteiger partial charge in [0.25, 0.3) is 0 Å². The second-order valence-corrected chi connectivity index (χ2v) is 27.0. The van der Waals surface area contributed by atoms with Gasteiger partial charge >= 0.3 is 31.1 Å². The van der Waals surface area contributed by atoms with E-state index in [1.807, 2.05) is 41.5 Å². The van der Waals surface area contributed by atoms with Crippen molar-refractivity contribution in [1.82, 2.24) is 0 Å². The van der Waals surface area contributed by atoms with E-state index in [2.05, 4.69) is 4.52 Å². The molecule has 1 atom stereocenters. The molecule has 0 bridgehead atoms. The molecule has 0 fully saturated rings. The van der Waals surface area contributed by atoms with E-state index in [0.29, 0.717) is 6.61 Å². The first-order chi connectivity index (χ1) is 27.5. The predicted molar refractivity (Wildman–Crippen MR) is 254 cm³/mol. The minimum absolute atomic E-state index is 0.00270. The number of rotatable bonds is 20. The molecule has 0 aliphatic heterocycles. The van der Waals surface area contributed by atoms with Crippen molar-refractivity contribution in [1.29, 1.82) is 0 Å². The van der Waals surface area contributed by atoms with E-state index < -0.39 is 59.1 Å². The van der Waals surface area contributed by atoms with E-state index in [4.69, 9.17) is 83.0 Å². The second kappa shape index (κ2) is 31.9. The number of aliphatic hydroxyl groups is 1. The van der Waals surface area contributed by atoms with Crippen molar-refractivity contribution in [2.75, 3.05) is 52.2 Å². The number of phosphoric ester groups is 3. The Morgan fingerprint density at radius 2 is 0.619 bits per heavy atom. The highest BCUT2D eigenvalue weighted by Gasteiger charge is 2.38. The van der Waals surface area contributed by atoms with Crippen LogP contribution in [0.25, 0.3) is 0 Å². The zero-order valence-corrected chi connectivity index (χ0v) is 48.5. The number of ether oxygens (including phenoxy) is 2. The average Bonchev–Trinajstić information content (AvgIpc) is 2.92. The van der Waals surface area contributed by atoms with Crippen LogP contribution >= 0.6 is 54.3 Å². The summed E-state index contributed by atoms with van der Waals surface area (Å²) in [6.45, 7) is 45.3. The summed E-state index contributed by atoms with van der Waals surface area (Å²) < 4.78 is 113. The van der Waals surface area contributed by atoms with E-state index in [9.17, 15) is 18.3 Å². The molecular formula is C39H90Cl2O18P4. The van der Waals surface area contributed by atoms with E-state index in [0.717, 1.165) is 0 Å². The Morgan fingerprint density at radius 3 is 0.841 bits per heavy atom. The third kappa shape index (κ3) is 62.9. The van der Waals surface area contributed by atoms with Crippen LogP contribution in [-0.2, 0) is 77.5 Å². The normalized spacial score (nSPS) is 14.4. The summed E-state index contributed by atoms with van der Waals surface area (Å²) in [4.78, 5) is 0. The van der Waals surface area contributed by atoms with E-state index in [1.54, 1.807) is 125 Å². The molecule has 0 heterocycles. The van der Waals surface area contributed by atoms with Gasteiger partial charge in [-0.3, -0.25) is 49.8 Å². The van der Waals surface area contributed by atoms with E-state index >= 15 is 0 Å². The monoisotopic (exact) mass is 1040 g/mol. The minimum atomic E-state index is -3.67. The van der Waals surface area contributed by atoms with Gasteiger partial charge in [-0.05, 0) is 166 Å². The highest BCUT2D eigenvalue weighted by molar-refractivity contribution is 7.53. The van der Waals surface area contributed by atoms with Gasteiger partial charge < -0.3 is 19.1 Å². The number of halogens is 2. The number of hydrogen-bond acceptors (Lipinski definition) is 18. The molecule has 388 valence electrons. The molecule has 0 radical (unpaired) electrons. The lowest BCUT2D eigenvalue weighted by atomic mass is 10.2. The molecule has 0 aromatic carbocycles. The van der Waals surface area contributed by atoms with Crippen molar-refractivity contribution in [2.45, 2.75) is 205 Å². The molecule has 0 rings (SSSR count). The molecule has 24 heteroatoms. The Bertz CT molecular complexity index is 1290. The molecule has 63 heavy (non-hydrogen) atoms. The Labute approximate surface area is 393 Å². The first-order valence-electron chi connectivity index (χ1n) is 20.4. The second-order valence-electron chi connectivity index (χ2n) is 19.8. The Balaban J connectivity index is -0.000000232. The van der Waals surface area contributed by atoms with Gasteiger partial charge in [0.2, 0.25) is 0 Å². The lowest BCUT2D eigenvalue weighted by molar-refractivity contribution is -0.100. The van der Waals surface area contributed by atoms with Crippen LogP contribution in [-0.4, -0.2) is 96.5 Å². The van der Waals surface area contributed by atoms with Crippen molar-refractivity contribution in [3.05, 3.63) is 0 Å². The predicted octanol–water partition coefficient (Wildman–Crippen LogP) is 14.2. The standard InChI is InChI=1S/C13H29O5P.C9H20ClO4P.C8H19O4P.C5H12ClO4P.C4H10O/c1-11(2,3)15-10-16-19(14,17-12(4,5)6)18-13(7,8)9;1-8(2,3)13-15(11,12-7-10)14-9(4,5)6;1-6-11-13(5,9)12-7-10-8(2,3)4;1-3-8-11(7,9-4-2)10-5-6;1-4(2,3)5/h10H2,1-9H3;7H2,1-6H3;6-7H2,1-5H3;3-5H2,1-2H3;5H,1-3H3. The highest BCUT2D eigenvalue weighted by atomic mass is 35.5. The molecule has 0 saturated heterocycles. The van der Waals surface area contributed by atoms with Crippen LogP contribution in [0.15, 0.2) is 0 Å². The third-order valence-corrected chi connectivity index (χ3v) is 11.7. The van der Waals surface area contributed by atoms with Crippen molar-refractivity contribution in [2.24, 2.45) is 0 Å². The zero-order valence-electron chi connectivity index (χ0n) is 43.4. The van der Waals surface area contributed by atoms with Crippen LogP contribution in [0.4, 0.5) is 0 Å². The van der Waals surface area contributed by atoms with Gasteiger partial charge in [-0.1, -0.05) is 23.2 Å². The summed E-state index contributed by atoms with van der Waals surface area (Å²) in [6.07, 6.45) is 0. The van der Waals surface area contributed by atoms with E-state index in [1.165, 1.54) is 6.66 Å². The summed E-state index contributed by atoms with van der Waals surface area (Å²) >= 11 is 10.6. The summed E-state index contributed by atoms with van der Waals surface area (Å²) in [6, 6.07) is -0.430. The van der Waals surface area contributed by atoms with Gasteiger partial charge in [0.05, 0.1) is 59.0 Å². The van der Waals surface area contributed by atoms with Crippen LogP contribution in [0.2, 0.25) is 0 Å². The topological polar surface area (TPSA) is 208 Å². The van der Waals surface area contributed by atoms with Gasteiger partial charge in [-0.25, -0.2) is 13.7 Å². The molecule has 1 N–H and O–H groups in total. The molecular weight excluding hydrogens is 951 g/mol. The molecule has 0 spiro atoms. The van der Waals surface area contributed by atoms with Gasteiger partial charge in [0.1, 0.15) is 12.1 Å². The lowest BCUT2D eigenvalue weighted by Crippen LogP contribution is -2.26. The van der Waals surface area contributed by atoms with Crippen molar-refractivity contribution in [3.63, 3.8) is 0 Å². The molecule has 0 aromatic rings. The maximum atomic E-state index is 12.6. The van der Waals surface area contributed by atoms with Gasteiger partial charge in [-0.15, -0.1) is 0 Å². The molecule has 1 unspecified atom stereocenters. The summed E-state index contributed by atoms with van der Waals surface area (Å²) in [5.74, 6) is 0. The summed E-state index contributed by atoms with van der Waals surface area (Å²) in [7, 11) is -13.5. The van der Waals surface area contributed by atoms with Crippen molar-refractivity contribution >= 4 is 54.3 Å². The average molecular weight is 1040 g/mol. The Morgan fingerprint density at radius 1 is 0.381 bits per heavy atom. The Kier molecular flexibility index (Phi) is 37.0. The smallest absolute Gasteiger partial charge is 0.391 e. The molecule has 0 aliphatic carbocycles. The first kappa shape index (κ1) is 72.9. The lowest BCUT2D eigenvalue weighted by Gasteiger charge is -2.31. The van der Waals surface area contributed by atoms with Crippen LogP contribution in [0.1, 0.15) is 166 Å². The third-order valence-electron chi connectivity index (χ3n) is 4.38. The fourth-order valence-corrected chi connectivity index (χ4v) is 8.62. The number of hydrogen-bond donors (Lipinski definition) is 1. The fraction of sp³-hybridized carbons (Fsp3) is 1.00. The number of alkyl halides is 2. The van der Waals surface area contributed by atoms with Crippen LogP contribution in [0.5, 0.6) is 0 Å². The summed E-state index contributed by atoms with van der Waals surface area (Å²) in [5, 5.41) is 8.52. The van der Waals surface area contributed by atoms with Gasteiger partial charge in [0.15, 0.2) is 13.6 Å². The van der Waals surface area contributed by atoms with E-state index in [-0.39, 0.29) is 50.1 Å². The molecule has 0 saturated carbocycles. The molecule has 0 aromatic heterocycles. The molecule has 0 aliphatic rings. The quantitative estimate of drug-likeness (QED) is 0.0683. The molecule has 18 nitrogen and oxygen atoms in total. The largest absolute Gasteiger partial charge is 0.477 e. The highest BCUT2D eigenvalue weighted by Crippen LogP contribution is 2.56. The van der Waals surface area contributed by atoms with Crippen molar-refractivity contribution < 1.29 is 82.6 Å². The molecule has 0 amide bonds.